The fraction of sp³-hybridized carbons (Fsp3) is 0.0909. The zero-order valence-electron chi connectivity index (χ0n) is 8.81. The minimum absolute atomic E-state index is 0.325. The van der Waals surface area contributed by atoms with Gasteiger partial charge in [-0.2, -0.15) is 0 Å². The molecule has 17 heavy (non-hydrogen) atoms. The SMILES string of the molecule is NC(=O)c1ccc(NCc2nccs2)cc1Cl. The Kier molecular flexibility index (Phi) is 3.61. The van der Waals surface area contributed by atoms with Crippen LogP contribution >= 0.6 is 22.9 Å². The van der Waals surface area contributed by atoms with Crippen LogP contribution in [0.5, 0.6) is 0 Å². The summed E-state index contributed by atoms with van der Waals surface area (Å²) in [7, 11) is 0. The predicted octanol–water partition coefficient (Wildman–Crippen LogP) is 2.51. The quantitative estimate of drug-likeness (QED) is 0.894. The maximum Gasteiger partial charge on any atom is 0.250 e. The predicted molar refractivity (Wildman–Crippen MR) is 69.4 cm³/mol. The van der Waals surface area contributed by atoms with E-state index >= 15 is 0 Å². The van der Waals surface area contributed by atoms with Gasteiger partial charge in [0, 0.05) is 17.3 Å². The first-order chi connectivity index (χ1) is 8.16. The normalized spacial score (nSPS) is 10.2. The Hall–Kier alpha value is -1.59. The molecule has 2 aromatic rings. The Labute approximate surface area is 107 Å². The summed E-state index contributed by atoms with van der Waals surface area (Å²) >= 11 is 7.50. The number of hydrogen-bond donors (Lipinski definition) is 2. The van der Waals surface area contributed by atoms with Gasteiger partial charge >= 0.3 is 0 Å². The van der Waals surface area contributed by atoms with Crippen molar-refractivity contribution < 1.29 is 4.79 Å². The van der Waals surface area contributed by atoms with Gasteiger partial charge in [0.05, 0.1) is 17.1 Å². The Bertz CT molecular complexity index is 528. The van der Waals surface area contributed by atoms with Crippen LogP contribution in [0, 0.1) is 0 Å². The molecule has 0 saturated carbocycles. The summed E-state index contributed by atoms with van der Waals surface area (Å²) in [5.41, 5.74) is 6.32. The third-order valence-electron chi connectivity index (χ3n) is 2.16. The molecule has 1 heterocycles. The van der Waals surface area contributed by atoms with Gasteiger partial charge in [-0.05, 0) is 18.2 Å². The second-order valence-electron chi connectivity index (χ2n) is 3.34. The summed E-state index contributed by atoms with van der Waals surface area (Å²) in [6, 6.07) is 5.05. The highest BCUT2D eigenvalue weighted by Gasteiger charge is 2.06. The molecule has 1 aromatic heterocycles. The molecule has 88 valence electrons. The minimum Gasteiger partial charge on any atom is -0.378 e. The summed E-state index contributed by atoms with van der Waals surface area (Å²) in [5.74, 6) is -0.526. The molecule has 0 aliphatic rings. The topological polar surface area (TPSA) is 68.0 Å². The van der Waals surface area contributed by atoms with Gasteiger partial charge in [-0.3, -0.25) is 4.79 Å². The molecule has 1 amide bonds. The molecule has 0 aliphatic carbocycles. The van der Waals surface area contributed by atoms with E-state index in [0.29, 0.717) is 17.1 Å². The van der Waals surface area contributed by atoms with E-state index in [2.05, 4.69) is 10.3 Å². The van der Waals surface area contributed by atoms with Gasteiger partial charge in [0.2, 0.25) is 5.91 Å². The lowest BCUT2D eigenvalue weighted by Gasteiger charge is -2.06. The molecule has 0 radical (unpaired) electrons. The molecule has 0 aliphatic heterocycles. The summed E-state index contributed by atoms with van der Waals surface area (Å²) in [5, 5.41) is 6.42. The van der Waals surface area contributed by atoms with E-state index in [1.54, 1.807) is 35.7 Å². The number of benzene rings is 1. The molecule has 1 aromatic carbocycles. The largest absolute Gasteiger partial charge is 0.378 e. The van der Waals surface area contributed by atoms with Gasteiger partial charge in [0.25, 0.3) is 0 Å². The zero-order chi connectivity index (χ0) is 12.3. The smallest absolute Gasteiger partial charge is 0.250 e. The van der Waals surface area contributed by atoms with Crippen LogP contribution in [0.15, 0.2) is 29.8 Å². The third-order valence-corrected chi connectivity index (χ3v) is 3.25. The van der Waals surface area contributed by atoms with Crippen molar-refractivity contribution in [3.05, 3.63) is 45.4 Å². The van der Waals surface area contributed by atoms with Crippen LogP contribution in [-0.4, -0.2) is 10.9 Å². The van der Waals surface area contributed by atoms with E-state index in [-0.39, 0.29) is 0 Å². The summed E-state index contributed by atoms with van der Waals surface area (Å²) in [4.78, 5) is 15.1. The van der Waals surface area contributed by atoms with Crippen molar-refractivity contribution in [1.29, 1.82) is 0 Å². The number of rotatable bonds is 4. The molecule has 3 N–H and O–H groups in total. The van der Waals surface area contributed by atoms with Crippen LogP contribution in [0.3, 0.4) is 0 Å². The molecule has 0 unspecified atom stereocenters. The molecular weight excluding hydrogens is 258 g/mol. The van der Waals surface area contributed by atoms with Crippen molar-refractivity contribution in [2.75, 3.05) is 5.32 Å². The molecule has 0 fully saturated rings. The Morgan fingerprint density at radius 1 is 1.53 bits per heavy atom. The van der Waals surface area contributed by atoms with Crippen molar-refractivity contribution in [2.45, 2.75) is 6.54 Å². The van der Waals surface area contributed by atoms with Crippen molar-refractivity contribution >= 4 is 34.5 Å². The Morgan fingerprint density at radius 3 is 2.94 bits per heavy atom. The highest BCUT2D eigenvalue weighted by Crippen LogP contribution is 2.21. The van der Waals surface area contributed by atoms with Gasteiger partial charge in [-0.15, -0.1) is 11.3 Å². The van der Waals surface area contributed by atoms with Crippen molar-refractivity contribution in [3.8, 4) is 0 Å². The van der Waals surface area contributed by atoms with Crippen LogP contribution in [0.25, 0.3) is 0 Å². The fourth-order valence-corrected chi connectivity index (χ4v) is 2.17. The number of hydrogen-bond acceptors (Lipinski definition) is 4. The van der Waals surface area contributed by atoms with Crippen LogP contribution < -0.4 is 11.1 Å². The highest BCUT2D eigenvalue weighted by atomic mass is 35.5. The number of anilines is 1. The summed E-state index contributed by atoms with van der Waals surface area (Å²) in [6.45, 7) is 0.629. The molecule has 0 spiro atoms. The first-order valence-corrected chi connectivity index (χ1v) is 6.14. The van der Waals surface area contributed by atoms with Gasteiger partial charge in [0.1, 0.15) is 5.01 Å². The average molecular weight is 268 g/mol. The highest BCUT2D eigenvalue weighted by molar-refractivity contribution is 7.09. The monoisotopic (exact) mass is 267 g/mol. The van der Waals surface area contributed by atoms with Crippen molar-refractivity contribution in [1.82, 2.24) is 4.98 Å². The van der Waals surface area contributed by atoms with E-state index in [9.17, 15) is 4.79 Å². The number of thiazole rings is 1. The number of primary amides is 1. The molecule has 0 bridgehead atoms. The van der Waals surface area contributed by atoms with E-state index < -0.39 is 5.91 Å². The van der Waals surface area contributed by atoms with Crippen LogP contribution in [0.1, 0.15) is 15.4 Å². The number of halogens is 1. The molecular formula is C11H10ClN3OS. The zero-order valence-corrected chi connectivity index (χ0v) is 10.4. The van der Waals surface area contributed by atoms with E-state index in [4.69, 9.17) is 17.3 Å². The molecule has 6 heteroatoms. The maximum atomic E-state index is 11.0. The molecule has 2 rings (SSSR count). The van der Waals surface area contributed by atoms with Gasteiger partial charge in [-0.25, -0.2) is 4.98 Å². The Morgan fingerprint density at radius 2 is 2.35 bits per heavy atom. The third kappa shape index (κ3) is 2.95. The average Bonchev–Trinajstić information content (AvgIpc) is 2.78. The fourth-order valence-electron chi connectivity index (χ4n) is 1.34. The lowest BCUT2D eigenvalue weighted by Crippen LogP contribution is -2.11. The van der Waals surface area contributed by atoms with Crippen LogP contribution in [-0.2, 0) is 6.54 Å². The number of nitrogens with two attached hydrogens (primary N) is 1. The van der Waals surface area contributed by atoms with Crippen LogP contribution in [0.4, 0.5) is 5.69 Å². The minimum atomic E-state index is -0.526. The lowest BCUT2D eigenvalue weighted by atomic mass is 10.2. The van der Waals surface area contributed by atoms with E-state index in [1.165, 1.54) is 0 Å². The second kappa shape index (κ2) is 5.16. The first-order valence-electron chi connectivity index (χ1n) is 4.88. The van der Waals surface area contributed by atoms with E-state index in [0.717, 1.165) is 10.7 Å². The summed E-state index contributed by atoms with van der Waals surface area (Å²) < 4.78 is 0. The lowest BCUT2D eigenvalue weighted by molar-refractivity contribution is 0.100. The number of carbonyl (C=O) groups excluding carboxylic acids is 1. The number of aromatic nitrogens is 1. The van der Waals surface area contributed by atoms with Crippen molar-refractivity contribution in [2.24, 2.45) is 5.73 Å². The number of amides is 1. The number of carbonyl (C=O) groups is 1. The molecule has 0 atom stereocenters. The van der Waals surface area contributed by atoms with E-state index in [1.807, 2.05) is 5.38 Å². The van der Waals surface area contributed by atoms with Gasteiger partial charge < -0.3 is 11.1 Å². The maximum absolute atomic E-state index is 11.0. The van der Waals surface area contributed by atoms with Gasteiger partial charge in [-0.1, -0.05) is 11.6 Å². The summed E-state index contributed by atoms with van der Waals surface area (Å²) in [6.07, 6.45) is 1.75. The number of nitrogens with zero attached hydrogens (tertiary/aromatic N) is 1. The second-order valence-corrected chi connectivity index (χ2v) is 4.72. The van der Waals surface area contributed by atoms with Gasteiger partial charge in [0.15, 0.2) is 0 Å². The molecule has 0 saturated heterocycles. The van der Waals surface area contributed by atoms with Crippen molar-refractivity contribution in [3.63, 3.8) is 0 Å². The molecule has 4 nitrogen and oxygen atoms in total. The first kappa shape index (κ1) is 11.9. The number of nitrogens with one attached hydrogen (secondary N) is 1. The Balaban J connectivity index is 2.07. The standard InChI is InChI=1S/C11H10ClN3OS/c12-9-5-7(1-2-8(9)11(13)16)15-6-10-14-3-4-17-10/h1-5,15H,6H2,(H2,13,16). The van der Waals surface area contributed by atoms with Crippen LogP contribution in [0.2, 0.25) is 5.02 Å².